The lowest BCUT2D eigenvalue weighted by atomic mass is 10.2. The topological polar surface area (TPSA) is 96.8 Å². The molecule has 146 valence electrons. The fourth-order valence-electron chi connectivity index (χ4n) is 2.85. The normalized spacial score (nSPS) is 10.5. The fraction of sp³-hybridized carbons (Fsp3) is 0.300. The van der Waals surface area contributed by atoms with Gasteiger partial charge in [0.15, 0.2) is 0 Å². The summed E-state index contributed by atoms with van der Waals surface area (Å²) >= 11 is 0. The van der Waals surface area contributed by atoms with Crippen molar-refractivity contribution in [2.75, 3.05) is 30.3 Å². The number of carbonyl (C=O) groups excluding carboxylic acids is 1. The Morgan fingerprint density at radius 2 is 1.75 bits per heavy atom. The molecule has 0 saturated heterocycles. The van der Waals surface area contributed by atoms with Crippen LogP contribution in [0.2, 0.25) is 0 Å². The Hall–Kier alpha value is -3.42. The Kier molecular flexibility index (Phi) is 6.21. The molecule has 0 aliphatic rings. The number of aromatic nitrogens is 4. The van der Waals surface area contributed by atoms with Crippen LogP contribution in [0.3, 0.4) is 0 Å². The van der Waals surface area contributed by atoms with Gasteiger partial charge in [-0.1, -0.05) is 18.2 Å². The molecule has 0 atom stereocenters. The lowest BCUT2D eigenvalue weighted by Gasteiger charge is -2.10. The molecule has 1 amide bonds. The van der Waals surface area contributed by atoms with Crippen LogP contribution < -0.4 is 16.0 Å². The van der Waals surface area contributed by atoms with Gasteiger partial charge >= 0.3 is 0 Å². The third kappa shape index (κ3) is 4.64. The van der Waals surface area contributed by atoms with Gasteiger partial charge < -0.3 is 16.0 Å². The number of para-hydroxylation sites is 1. The van der Waals surface area contributed by atoms with E-state index in [4.69, 9.17) is 0 Å². The summed E-state index contributed by atoms with van der Waals surface area (Å²) in [5.41, 5.74) is 2.30. The maximum absolute atomic E-state index is 12.5. The van der Waals surface area contributed by atoms with Gasteiger partial charge in [-0.2, -0.15) is 5.10 Å². The molecule has 0 radical (unpaired) electrons. The van der Waals surface area contributed by atoms with Crippen LogP contribution in [0.4, 0.5) is 11.6 Å². The number of rotatable bonds is 8. The second-order valence-electron chi connectivity index (χ2n) is 6.29. The van der Waals surface area contributed by atoms with Crippen molar-refractivity contribution in [3.63, 3.8) is 0 Å². The Labute approximate surface area is 164 Å². The minimum atomic E-state index is -0.145. The van der Waals surface area contributed by atoms with Crippen LogP contribution in [0.5, 0.6) is 0 Å². The number of benzene rings is 1. The van der Waals surface area contributed by atoms with Crippen LogP contribution in [-0.4, -0.2) is 45.3 Å². The van der Waals surface area contributed by atoms with Crippen molar-refractivity contribution in [1.82, 2.24) is 25.1 Å². The molecule has 0 unspecified atom stereocenters. The molecule has 0 aliphatic heterocycles. The van der Waals surface area contributed by atoms with Gasteiger partial charge in [0.1, 0.15) is 17.5 Å². The van der Waals surface area contributed by atoms with E-state index in [1.54, 1.807) is 10.9 Å². The molecule has 3 N–H and O–H groups in total. The molecule has 8 nitrogen and oxygen atoms in total. The Balaban J connectivity index is 1.55. The number of aryl methyl sites for hydroxylation is 1. The van der Waals surface area contributed by atoms with E-state index in [0.717, 1.165) is 29.6 Å². The highest BCUT2D eigenvalue weighted by molar-refractivity contribution is 5.95. The van der Waals surface area contributed by atoms with Crippen molar-refractivity contribution in [2.24, 2.45) is 0 Å². The highest BCUT2D eigenvalue weighted by Crippen LogP contribution is 2.14. The smallest absolute Gasteiger partial charge is 0.254 e. The van der Waals surface area contributed by atoms with E-state index in [-0.39, 0.29) is 5.91 Å². The minimum Gasteiger partial charge on any atom is -0.370 e. The van der Waals surface area contributed by atoms with Crippen molar-refractivity contribution < 1.29 is 4.79 Å². The highest BCUT2D eigenvalue weighted by atomic mass is 16.1. The summed E-state index contributed by atoms with van der Waals surface area (Å²) in [6.07, 6.45) is 1.60. The number of anilines is 2. The quantitative estimate of drug-likeness (QED) is 0.521. The van der Waals surface area contributed by atoms with Gasteiger partial charge in [0.25, 0.3) is 5.91 Å². The zero-order chi connectivity index (χ0) is 19.9. The second-order valence-corrected chi connectivity index (χ2v) is 6.29. The van der Waals surface area contributed by atoms with Crippen LogP contribution in [-0.2, 0) is 0 Å². The predicted octanol–water partition coefficient (Wildman–Crippen LogP) is 2.55. The van der Waals surface area contributed by atoms with Crippen molar-refractivity contribution in [3.05, 3.63) is 59.7 Å². The summed E-state index contributed by atoms with van der Waals surface area (Å²) < 4.78 is 1.76. The Bertz CT molecular complexity index is 937. The average molecular weight is 379 g/mol. The van der Waals surface area contributed by atoms with Gasteiger partial charge in [0, 0.05) is 25.7 Å². The summed E-state index contributed by atoms with van der Waals surface area (Å²) in [5, 5.41) is 13.6. The molecule has 0 bridgehead atoms. The molecule has 2 aromatic heterocycles. The maximum Gasteiger partial charge on any atom is 0.254 e. The number of hydrogen-bond donors (Lipinski definition) is 3. The van der Waals surface area contributed by atoms with Crippen molar-refractivity contribution in [3.8, 4) is 5.69 Å². The van der Waals surface area contributed by atoms with Gasteiger partial charge in [0.2, 0.25) is 0 Å². The molecule has 2 heterocycles. The molecule has 0 fully saturated rings. The Morgan fingerprint density at radius 3 is 2.46 bits per heavy atom. The van der Waals surface area contributed by atoms with E-state index in [2.05, 4.69) is 31.0 Å². The summed E-state index contributed by atoms with van der Waals surface area (Å²) in [7, 11) is 0. The van der Waals surface area contributed by atoms with Crippen molar-refractivity contribution in [1.29, 1.82) is 0 Å². The second kappa shape index (κ2) is 8.98. The number of hydrogen-bond acceptors (Lipinski definition) is 6. The minimum absolute atomic E-state index is 0.145. The third-order valence-corrected chi connectivity index (χ3v) is 4.17. The van der Waals surface area contributed by atoms with Gasteiger partial charge in [-0.3, -0.25) is 4.79 Å². The molecular formula is C20H25N7O. The van der Waals surface area contributed by atoms with E-state index < -0.39 is 0 Å². The highest BCUT2D eigenvalue weighted by Gasteiger charge is 2.14. The molecule has 0 saturated carbocycles. The van der Waals surface area contributed by atoms with Gasteiger partial charge in [-0.15, -0.1) is 0 Å². The summed E-state index contributed by atoms with van der Waals surface area (Å²) in [6, 6.07) is 11.6. The average Bonchev–Trinajstić information content (AvgIpc) is 3.07. The van der Waals surface area contributed by atoms with Crippen LogP contribution in [0.25, 0.3) is 5.69 Å². The monoisotopic (exact) mass is 379 g/mol. The summed E-state index contributed by atoms with van der Waals surface area (Å²) in [5.74, 6) is 2.05. The lowest BCUT2D eigenvalue weighted by Crippen LogP contribution is -2.29. The summed E-state index contributed by atoms with van der Waals surface area (Å²) in [6.45, 7) is 7.57. The lowest BCUT2D eigenvalue weighted by molar-refractivity contribution is 0.0954. The number of amides is 1. The summed E-state index contributed by atoms with van der Waals surface area (Å²) in [4.78, 5) is 21.2. The van der Waals surface area contributed by atoms with E-state index in [1.807, 2.05) is 57.2 Å². The third-order valence-electron chi connectivity index (χ3n) is 4.17. The zero-order valence-corrected chi connectivity index (χ0v) is 16.4. The number of carbonyl (C=O) groups is 1. The van der Waals surface area contributed by atoms with Gasteiger partial charge in [0.05, 0.1) is 23.1 Å². The fourth-order valence-corrected chi connectivity index (χ4v) is 2.85. The molecular weight excluding hydrogens is 354 g/mol. The molecule has 0 aliphatic carbocycles. The van der Waals surface area contributed by atoms with E-state index in [9.17, 15) is 4.79 Å². The van der Waals surface area contributed by atoms with Gasteiger partial charge in [-0.05, 0) is 32.9 Å². The number of nitrogens with zero attached hydrogens (tertiary/aromatic N) is 4. The Morgan fingerprint density at radius 1 is 1.04 bits per heavy atom. The van der Waals surface area contributed by atoms with Crippen LogP contribution in [0.15, 0.2) is 42.6 Å². The zero-order valence-electron chi connectivity index (χ0n) is 16.4. The largest absolute Gasteiger partial charge is 0.370 e. The SMILES string of the molecule is CCNc1cc(NCCNC(=O)c2cnn(-c3ccccc3)c2C)nc(C)n1. The molecule has 8 heteroatoms. The first-order valence-electron chi connectivity index (χ1n) is 9.30. The van der Waals surface area contributed by atoms with Crippen LogP contribution in [0.1, 0.15) is 28.8 Å². The van der Waals surface area contributed by atoms with E-state index >= 15 is 0 Å². The standard InChI is InChI=1S/C20H25N7O/c1-4-21-18-12-19(26-15(3)25-18)22-10-11-23-20(28)17-13-24-27(14(17)2)16-8-6-5-7-9-16/h5-9,12-13H,4,10-11H2,1-3H3,(H,23,28)(H2,21,22,25,26). The van der Waals surface area contributed by atoms with Crippen LogP contribution in [0, 0.1) is 13.8 Å². The predicted molar refractivity (Wildman–Crippen MR) is 110 cm³/mol. The van der Waals surface area contributed by atoms with E-state index in [1.165, 1.54) is 0 Å². The molecule has 28 heavy (non-hydrogen) atoms. The van der Waals surface area contributed by atoms with Crippen LogP contribution >= 0.6 is 0 Å². The maximum atomic E-state index is 12.5. The molecule has 1 aromatic carbocycles. The van der Waals surface area contributed by atoms with E-state index in [0.29, 0.717) is 24.5 Å². The number of nitrogens with one attached hydrogen (secondary N) is 3. The molecule has 3 aromatic rings. The first-order chi connectivity index (χ1) is 13.6. The van der Waals surface area contributed by atoms with Gasteiger partial charge in [-0.25, -0.2) is 14.6 Å². The van der Waals surface area contributed by atoms with Crippen molar-refractivity contribution in [2.45, 2.75) is 20.8 Å². The first kappa shape index (κ1) is 19.3. The first-order valence-corrected chi connectivity index (χ1v) is 9.30. The molecule has 0 spiro atoms. The molecule has 3 rings (SSSR count). The van der Waals surface area contributed by atoms with Crippen molar-refractivity contribution >= 4 is 17.5 Å².